The number of nitrogens with zero attached hydrogens (tertiary/aromatic N) is 2. The van der Waals surface area contributed by atoms with Crippen molar-refractivity contribution in [2.24, 2.45) is 0 Å². The van der Waals surface area contributed by atoms with Crippen LogP contribution in [0.25, 0.3) is 23.0 Å². The minimum atomic E-state index is 0.122. The highest BCUT2D eigenvalue weighted by atomic mass is 16.3. The van der Waals surface area contributed by atoms with Crippen molar-refractivity contribution >= 4 is 23.0 Å². The van der Waals surface area contributed by atoms with Crippen molar-refractivity contribution in [3.05, 3.63) is 84.9 Å². The molecule has 0 bridgehead atoms. The van der Waals surface area contributed by atoms with Crippen LogP contribution in [0.1, 0.15) is 32.2 Å². The van der Waals surface area contributed by atoms with Crippen LogP contribution in [0.15, 0.2) is 73.5 Å². The molecule has 2 heterocycles. The number of H-pyrrole nitrogens is 1. The van der Waals surface area contributed by atoms with Crippen molar-refractivity contribution in [3.63, 3.8) is 0 Å². The molecular weight excluding hydrogens is 310 g/mol. The monoisotopic (exact) mass is 335 g/mol. The number of aliphatic hydroxyl groups excluding tert-OH is 1. The van der Waals surface area contributed by atoms with Gasteiger partial charge in [0.25, 0.3) is 0 Å². The van der Waals surface area contributed by atoms with E-state index < -0.39 is 0 Å². The van der Waals surface area contributed by atoms with E-state index in [1.807, 2.05) is 69.4 Å². The van der Waals surface area contributed by atoms with Crippen molar-refractivity contribution in [3.8, 4) is 0 Å². The molecule has 0 aliphatic carbocycles. The van der Waals surface area contributed by atoms with Gasteiger partial charge in [-0.15, -0.1) is 0 Å². The summed E-state index contributed by atoms with van der Waals surface area (Å²) in [6.07, 6.45) is 20.1. The Morgan fingerprint density at radius 1 is 1.12 bits per heavy atom. The van der Waals surface area contributed by atoms with E-state index in [4.69, 9.17) is 0 Å². The first-order chi connectivity index (χ1) is 12.2. The average molecular weight is 335 g/mol. The van der Waals surface area contributed by atoms with Gasteiger partial charge < -0.3 is 10.1 Å². The minimum absolute atomic E-state index is 0.122. The highest BCUT2D eigenvalue weighted by Crippen LogP contribution is 2.16. The van der Waals surface area contributed by atoms with E-state index in [0.717, 1.165) is 5.52 Å². The Morgan fingerprint density at radius 2 is 1.80 bits per heavy atom. The lowest BCUT2D eigenvalue weighted by Gasteiger charge is -1.97. The molecule has 0 aliphatic heterocycles. The quantitative estimate of drug-likeness (QED) is 0.520. The molecule has 0 amide bonds. The number of hydrogen-bond acceptors (Lipinski definition) is 3. The number of aliphatic hydroxyl groups is 1. The van der Waals surface area contributed by atoms with E-state index in [2.05, 4.69) is 21.5 Å². The topological polar surface area (TPSA) is 61.8 Å². The summed E-state index contributed by atoms with van der Waals surface area (Å²) in [5, 5.41) is 9.83. The van der Waals surface area contributed by atoms with Gasteiger partial charge in [-0.05, 0) is 25.1 Å². The lowest BCUT2D eigenvalue weighted by molar-refractivity contribution is 0.511. The predicted octanol–water partition coefficient (Wildman–Crippen LogP) is 5.77. The maximum atomic E-state index is 9.83. The smallest absolute Gasteiger partial charge is 0.178 e. The van der Waals surface area contributed by atoms with Gasteiger partial charge in [0.2, 0.25) is 0 Å². The van der Waals surface area contributed by atoms with Crippen LogP contribution in [0, 0.1) is 0 Å². The number of rotatable bonds is 6. The van der Waals surface area contributed by atoms with Gasteiger partial charge in [-0.1, -0.05) is 69.0 Å². The summed E-state index contributed by atoms with van der Waals surface area (Å²) in [4.78, 5) is 11.8. The van der Waals surface area contributed by atoms with Crippen LogP contribution < -0.4 is 0 Å². The van der Waals surface area contributed by atoms with Gasteiger partial charge >= 0.3 is 0 Å². The molecule has 0 radical (unpaired) electrons. The maximum Gasteiger partial charge on any atom is 0.178 e. The van der Waals surface area contributed by atoms with Crippen molar-refractivity contribution in [2.45, 2.75) is 20.8 Å². The molecule has 2 aromatic heterocycles. The second-order valence-corrected chi connectivity index (χ2v) is 4.66. The fourth-order valence-electron chi connectivity index (χ4n) is 1.86. The van der Waals surface area contributed by atoms with E-state index in [0.29, 0.717) is 17.0 Å². The van der Waals surface area contributed by atoms with Crippen LogP contribution in [0.2, 0.25) is 0 Å². The van der Waals surface area contributed by atoms with Crippen molar-refractivity contribution < 1.29 is 5.11 Å². The van der Waals surface area contributed by atoms with Crippen LogP contribution in [0.4, 0.5) is 0 Å². The molecule has 0 fully saturated rings. The van der Waals surface area contributed by atoms with E-state index in [1.165, 1.54) is 12.2 Å². The first-order valence-corrected chi connectivity index (χ1v) is 8.25. The molecule has 0 aliphatic rings. The molecule has 2 rings (SSSR count). The number of nitrogens with one attached hydrogen (secondary N) is 1. The van der Waals surface area contributed by atoms with Crippen molar-refractivity contribution in [2.75, 3.05) is 0 Å². The molecule has 4 heteroatoms. The van der Waals surface area contributed by atoms with Crippen LogP contribution >= 0.6 is 0 Å². The van der Waals surface area contributed by atoms with Gasteiger partial charge in [0.05, 0.1) is 5.52 Å². The summed E-state index contributed by atoms with van der Waals surface area (Å²) in [5.41, 5.74) is 1.99. The molecule has 4 nitrogen and oxygen atoms in total. The third kappa shape index (κ3) is 6.47. The molecule has 0 unspecified atom stereocenters. The highest BCUT2D eigenvalue weighted by Gasteiger charge is 2.05. The summed E-state index contributed by atoms with van der Waals surface area (Å²) < 4.78 is 0. The molecule has 0 aromatic carbocycles. The van der Waals surface area contributed by atoms with Crippen LogP contribution in [0.5, 0.6) is 0 Å². The summed E-state index contributed by atoms with van der Waals surface area (Å²) in [7, 11) is 0. The van der Waals surface area contributed by atoms with Gasteiger partial charge in [-0.2, -0.15) is 0 Å². The Morgan fingerprint density at radius 3 is 2.48 bits per heavy atom. The van der Waals surface area contributed by atoms with E-state index in [9.17, 15) is 5.11 Å². The van der Waals surface area contributed by atoms with E-state index >= 15 is 0 Å². The predicted molar refractivity (Wildman–Crippen MR) is 108 cm³/mol. The van der Waals surface area contributed by atoms with Gasteiger partial charge in [-0.3, -0.25) is 0 Å². The molecule has 2 N–H and O–H groups in total. The standard InChI is InChI=1S/C19H19N3O.C2H6/c1-3-5-6-7-8-9-10-12-18-21-16-13-15(17(23)11-4-2)14-20-19(16)22-18;1-2/h3-14,23H,2H2,1H3,(H,20,21,22);1-2H3/b5-3-,7-6-,9-8+,12-10+,17-11-;. The first-order valence-electron chi connectivity index (χ1n) is 8.25. The first kappa shape index (κ1) is 19.9. The Balaban J connectivity index is 0.00000151. The summed E-state index contributed by atoms with van der Waals surface area (Å²) >= 11 is 0. The number of hydrogen-bond donors (Lipinski definition) is 2. The molecule has 130 valence electrons. The number of allylic oxidation sites excluding steroid dienone is 9. The summed E-state index contributed by atoms with van der Waals surface area (Å²) in [5.74, 6) is 0.830. The summed E-state index contributed by atoms with van der Waals surface area (Å²) in [6.45, 7) is 9.53. The second kappa shape index (κ2) is 11.4. The lowest BCUT2D eigenvalue weighted by Crippen LogP contribution is -1.85. The zero-order valence-electron chi connectivity index (χ0n) is 15.0. The third-order valence-electron chi connectivity index (χ3n) is 2.93. The fourth-order valence-corrected chi connectivity index (χ4v) is 1.86. The number of imidazole rings is 1. The molecule has 0 saturated carbocycles. The molecule has 0 saturated heterocycles. The van der Waals surface area contributed by atoms with Gasteiger partial charge in [0.1, 0.15) is 11.6 Å². The zero-order chi connectivity index (χ0) is 18.5. The average Bonchev–Trinajstić information content (AvgIpc) is 3.04. The molecule has 0 spiro atoms. The molecular formula is C21H25N3O. The largest absolute Gasteiger partial charge is 0.507 e. The number of pyridine rings is 1. The van der Waals surface area contributed by atoms with Crippen molar-refractivity contribution in [1.82, 2.24) is 15.0 Å². The zero-order valence-corrected chi connectivity index (χ0v) is 15.0. The number of aromatic amines is 1. The Hall–Kier alpha value is -3.14. The van der Waals surface area contributed by atoms with Crippen LogP contribution in [0.3, 0.4) is 0 Å². The minimum Gasteiger partial charge on any atom is -0.507 e. The lowest BCUT2D eigenvalue weighted by atomic mass is 10.2. The number of fused-ring (bicyclic) bond motifs is 1. The van der Waals surface area contributed by atoms with Crippen LogP contribution in [-0.4, -0.2) is 20.1 Å². The van der Waals surface area contributed by atoms with E-state index in [-0.39, 0.29) is 5.76 Å². The third-order valence-corrected chi connectivity index (χ3v) is 2.93. The second-order valence-electron chi connectivity index (χ2n) is 4.66. The normalized spacial score (nSPS) is 12.5. The number of aromatic nitrogens is 3. The van der Waals surface area contributed by atoms with Gasteiger partial charge in [0, 0.05) is 11.8 Å². The maximum absolute atomic E-state index is 9.83. The van der Waals surface area contributed by atoms with E-state index in [1.54, 1.807) is 12.3 Å². The van der Waals surface area contributed by atoms with Gasteiger partial charge in [-0.25, -0.2) is 9.97 Å². The highest BCUT2D eigenvalue weighted by molar-refractivity contribution is 5.77. The van der Waals surface area contributed by atoms with Crippen molar-refractivity contribution in [1.29, 1.82) is 0 Å². The van der Waals surface area contributed by atoms with Crippen LogP contribution in [-0.2, 0) is 0 Å². The fraction of sp³-hybridized carbons (Fsp3) is 0.143. The Kier molecular flexibility index (Phi) is 9.08. The SMILES string of the molecule is C=C/C=C(\O)c1cnc2nc(/C=C/C=C/C=C\C=C/C)[nH]c2c1.CC. The Labute approximate surface area is 149 Å². The molecule has 0 atom stereocenters. The molecule has 25 heavy (non-hydrogen) atoms. The summed E-state index contributed by atoms with van der Waals surface area (Å²) in [6, 6.07) is 1.80. The molecule has 2 aromatic rings. The van der Waals surface area contributed by atoms with Gasteiger partial charge in [0.15, 0.2) is 5.65 Å². The Bertz CT molecular complexity index is 821.